The summed E-state index contributed by atoms with van der Waals surface area (Å²) in [6, 6.07) is 1.39. The van der Waals surface area contributed by atoms with Crippen LogP contribution in [0.25, 0.3) is 0 Å². The van der Waals surface area contributed by atoms with Crippen molar-refractivity contribution in [3.8, 4) is 0 Å². The van der Waals surface area contributed by atoms with E-state index < -0.39 is 0 Å². The molecule has 1 N–H and O–H groups in total. The van der Waals surface area contributed by atoms with Crippen LogP contribution in [0.5, 0.6) is 0 Å². The molecule has 2 unspecified atom stereocenters. The summed E-state index contributed by atoms with van der Waals surface area (Å²) in [5.74, 6) is 1.67. The Labute approximate surface area is 134 Å². The highest BCUT2D eigenvalue weighted by Gasteiger charge is 2.35. The number of ether oxygens (including phenoxy) is 1. The molecule has 0 aliphatic carbocycles. The third kappa shape index (κ3) is 4.33. The zero-order chi connectivity index (χ0) is 13.9. The molecule has 4 nitrogen and oxygen atoms in total. The minimum absolute atomic E-state index is 0. The number of nitrogens with zero attached hydrogens (tertiary/aromatic N) is 1. The Morgan fingerprint density at radius 1 is 1.10 bits per heavy atom. The van der Waals surface area contributed by atoms with Gasteiger partial charge in [-0.1, -0.05) is 0 Å². The molecule has 3 aliphatic rings. The Hall–Kier alpha value is -0.320. The van der Waals surface area contributed by atoms with E-state index >= 15 is 0 Å². The highest BCUT2D eigenvalue weighted by Crippen LogP contribution is 2.33. The molecule has 2 bridgehead atoms. The van der Waals surface area contributed by atoms with Crippen molar-refractivity contribution in [3.63, 3.8) is 0 Å². The molecule has 0 aromatic carbocycles. The summed E-state index contributed by atoms with van der Waals surface area (Å²) < 4.78 is 5.22. The molecule has 2 atom stereocenters. The molecule has 122 valence electrons. The van der Waals surface area contributed by atoms with Crippen molar-refractivity contribution < 1.29 is 9.53 Å². The first-order valence-corrected chi connectivity index (χ1v) is 8.27. The number of methoxy groups -OCH3 is 1. The maximum atomic E-state index is 12.4. The Kier molecular flexibility index (Phi) is 6.33. The lowest BCUT2D eigenvalue weighted by Gasteiger charge is -2.34. The fourth-order valence-electron chi connectivity index (χ4n) is 4.30. The highest BCUT2D eigenvalue weighted by atomic mass is 35.5. The minimum Gasteiger partial charge on any atom is -0.384 e. The van der Waals surface area contributed by atoms with Gasteiger partial charge in [-0.3, -0.25) is 4.79 Å². The van der Waals surface area contributed by atoms with E-state index in [1.54, 1.807) is 7.11 Å². The standard InChI is InChI=1S/C16H28N2O2.ClH/c1-20-11-12-4-6-18(7-5-12)16(19)10-13-8-14-2-3-15(9-13)17-14;/h12-15,17H,2-11H2,1H3;1H. The second-order valence-electron chi connectivity index (χ2n) is 6.96. The average molecular weight is 317 g/mol. The summed E-state index contributed by atoms with van der Waals surface area (Å²) in [6.07, 6.45) is 8.05. The number of rotatable bonds is 4. The largest absolute Gasteiger partial charge is 0.384 e. The van der Waals surface area contributed by atoms with E-state index in [9.17, 15) is 4.79 Å². The normalized spacial score (nSPS) is 32.8. The molecule has 0 aromatic heterocycles. The number of hydrogen-bond acceptors (Lipinski definition) is 3. The van der Waals surface area contributed by atoms with Crippen LogP contribution in [0.3, 0.4) is 0 Å². The number of fused-ring (bicyclic) bond motifs is 2. The molecule has 21 heavy (non-hydrogen) atoms. The molecule has 3 saturated heterocycles. The lowest BCUT2D eigenvalue weighted by molar-refractivity contribution is -0.134. The summed E-state index contributed by atoms with van der Waals surface area (Å²) in [7, 11) is 1.77. The molecule has 0 aromatic rings. The van der Waals surface area contributed by atoms with Crippen LogP contribution in [0.4, 0.5) is 0 Å². The number of piperidine rings is 2. The Bertz CT molecular complexity index is 333. The van der Waals surface area contributed by atoms with Gasteiger partial charge in [0.2, 0.25) is 5.91 Å². The first kappa shape index (κ1) is 17.0. The van der Waals surface area contributed by atoms with Crippen LogP contribution in [-0.4, -0.2) is 49.7 Å². The predicted molar refractivity (Wildman–Crippen MR) is 85.7 cm³/mol. The predicted octanol–water partition coefficient (Wildman–Crippen LogP) is 2.21. The lowest BCUT2D eigenvalue weighted by Crippen LogP contribution is -2.43. The maximum absolute atomic E-state index is 12.4. The van der Waals surface area contributed by atoms with Gasteiger partial charge < -0.3 is 15.0 Å². The van der Waals surface area contributed by atoms with Crippen LogP contribution in [-0.2, 0) is 9.53 Å². The number of likely N-dealkylation sites (tertiary alicyclic amines) is 1. The molecule has 3 fully saturated rings. The van der Waals surface area contributed by atoms with Gasteiger partial charge in [0, 0.05) is 45.3 Å². The van der Waals surface area contributed by atoms with Gasteiger partial charge in [0.05, 0.1) is 0 Å². The van der Waals surface area contributed by atoms with E-state index in [1.807, 2.05) is 0 Å². The van der Waals surface area contributed by atoms with E-state index in [2.05, 4.69) is 10.2 Å². The first-order chi connectivity index (χ1) is 9.74. The number of amides is 1. The summed E-state index contributed by atoms with van der Waals surface area (Å²) in [4.78, 5) is 14.5. The van der Waals surface area contributed by atoms with Gasteiger partial charge in [-0.15, -0.1) is 12.4 Å². The molecule has 0 radical (unpaired) electrons. The zero-order valence-electron chi connectivity index (χ0n) is 13.1. The third-order valence-corrected chi connectivity index (χ3v) is 5.40. The molecular weight excluding hydrogens is 288 g/mol. The molecule has 0 saturated carbocycles. The van der Waals surface area contributed by atoms with Crippen molar-refractivity contribution in [1.29, 1.82) is 0 Å². The second-order valence-corrected chi connectivity index (χ2v) is 6.96. The zero-order valence-corrected chi connectivity index (χ0v) is 13.9. The Morgan fingerprint density at radius 2 is 1.71 bits per heavy atom. The molecule has 3 heterocycles. The van der Waals surface area contributed by atoms with E-state index in [1.165, 1.54) is 25.7 Å². The highest BCUT2D eigenvalue weighted by molar-refractivity contribution is 5.85. The number of carbonyl (C=O) groups excluding carboxylic acids is 1. The fourth-order valence-corrected chi connectivity index (χ4v) is 4.30. The van der Waals surface area contributed by atoms with Crippen LogP contribution in [0.2, 0.25) is 0 Å². The topological polar surface area (TPSA) is 41.6 Å². The third-order valence-electron chi connectivity index (χ3n) is 5.40. The van der Waals surface area contributed by atoms with Crippen molar-refractivity contribution in [1.82, 2.24) is 10.2 Å². The van der Waals surface area contributed by atoms with Gasteiger partial charge in [-0.2, -0.15) is 0 Å². The van der Waals surface area contributed by atoms with Crippen LogP contribution in [0.15, 0.2) is 0 Å². The van der Waals surface area contributed by atoms with Crippen molar-refractivity contribution in [2.24, 2.45) is 11.8 Å². The number of nitrogens with one attached hydrogen (secondary N) is 1. The van der Waals surface area contributed by atoms with Gasteiger partial charge in [-0.25, -0.2) is 0 Å². The maximum Gasteiger partial charge on any atom is 0.222 e. The first-order valence-electron chi connectivity index (χ1n) is 8.27. The van der Waals surface area contributed by atoms with Crippen LogP contribution < -0.4 is 5.32 Å². The van der Waals surface area contributed by atoms with Gasteiger partial charge in [0.25, 0.3) is 0 Å². The van der Waals surface area contributed by atoms with Gasteiger partial charge >= 0.3 is 0 Å². The van der Waals surface area contributed by atoms with E-state index in [0.717, 1.165) is 39.0 Å². The number of hydrogen-bond donors (Lipinski definition) is 1. The Morgan fingerprint density at radius 3 is 2.29 bits per heavy atom. The Balaban J connectivity index is 0.00000161. The van der Waals surface area contributed by atoms with Crippen LogP contribution >= 0.6 is 12.4 Å². The van der Waals surface area contributed by atoms with Gasteiger partial charge in [-0.05, 0) is 50.4 Å². The summed E-state index contributed by atoms with van der Waals surface area (Å²) >= 11 is 0. The van der Waals surface area contributed by atoms with E-state index in [-0.39, 0.29) is 12.4 Å². The SMILES string of the molecule is COCC1CCN(C(=O)CC2CC3CCC(C2)N3)CC1.Cl. The fraction of sp³-hybridized carbons (Fsp3) is 0.938. The van der Waals surface area contributed by atoms with Crippen molar-refractivity contribution in [3.05, 3.63) is 0 Å². The summed E-state index contributed by atoms with van der Waals surface area (Å²) in [5.41, 5.74) is 0. The number of carbonyl (C=O) groups is 1. The summed E-state index contributed by atoms with van der Waals surface area (Å²) in [5, 5.41) is 3.65. The quantitative estimate of drug-likeness (QED) is 0.864. The smallest absolute Gasteiger partial charge is 0.222 e. The molecular formula is C16H29ClN2O2. The van der Waals surface area contributed by atoms with Crippen molar-refractivity contribution in [2.45, 2.75) is 57.0 Å². The minimum atomic E-state index is 0. The molecule has 5 heteroatoms. The molecule has 3 aliphatic heterocycles. The average Bonchev–Trinajstić information content (AvgIpc) is 2.79. The van der Waals surface area contributed by atoms with Gasteiger partial charge in [0.1, 0.15) is 0 Å². The molecule has 1 amide bonds. The van der Waals surface area contributed by atoms with Crippen LogP contribution in [0, 0.1) is 11.8 Å². The van der Waals surface area contributed by atoms with Crippen molar-refractivity contribution >= 4 is 18.3 Å². The van der Waals surface area contributed by atoms with Gasteiger partial charge in [0.15, 0.2) is 0 Å². The van der Waals surface area contributed by atoms with Crippen molar-refractivity contribution in [2.75, 3.05) is 26.8 Å². The summed E-state index contributed by atoms with van der Waals surface area (Å²) in [6.45, 7) is 2.72. The van der Waals surface area contributed by atoms with E-state index in [4.69, 9.17) is 4.74 Å². The van der Waals surface area contributed by atoms with Crippen LogP contribution in [0.1, 0.15) is 44.9 Å². The lowest BCUT2D eigenvalue weighted by atomic mass is 9.88. The second kappa shape index (κ2) is 7.80. The monoisotopic (exact) mass is 316 g/mol. The van der Waals surface area contributed by atoms with E-state index in [0.29, 0.717) is 29.8 Å². The number of halogens is 1. The molecule has 3 rings (SSSR count). The molecule has 0 spiro atoms.